The van der Waals surface area contributed by atoms with E-state index >= 15 is 0 Å². The van der Waals surface area contributed by atoms with E-state index in [1.165, 1.54) is 29.2 Å². The Balaban J connectivity index is 2.03. The standard InChI is InChI=1S/C31H38FN3O4S/c1-6-29(31(37)33-19-22(2)3)34(20-25-11-13-26(32)14-12-25)30(36)21-35(27-15-7-23(4)8-16-27)40(38,39)28-17-9-24(5)10-18-28/h7-18,22,29H,6,19-21H2,1-5H3,(H,33,37)/t29-/m0/s1. The minimum Gasteiger partial charge on any atom is -0.354 e. The molecule has 0 aliphatic rings. The number of carbonyl (C=O) groups excluding carboxylic acids is 2. The predicted molar refractivity (Wildman–Crippen MR) is 156 cm³/mol. The van der Waals surface area contributed by atoms with Gasteiger partial charge in [0.15, 0.2) is 0 Å². The van der Waals surface area contributed by atoms with Crippen LogP contribution in [0.2, 0.25) is 0 Å². The van der Waals surface area contributed by atoms with Crippen molar-refractivity contribution in [1.82, 2.24) is 10.2 Å². The SMILES string of the molecule is CC[C@@H](C(=O)NCC(C)C)N(Cc1ccc(F)cc1)C(=O)CN(c1ccc(C)cc1)S(=O)(=O)c1ccc(C)cc1. The molecule has 0 aliphatic carbocycles. The first-order valence-corrected chi connectivity index (χ1v) is 14.8. The quantitative estimate of drug-likeness (QED) is 0.325. The number of nitrogens with one attached hydrogen (secondary N) is 1. The third kappa shape index (κ3) is 7.91. The predicted octanol–water partition coefficient (Wildman–Crippen LogP) is 5.22. The number of rotatable bonds is 12. The number of carbonyl (C=O) groups is 2. The lowest BCUT2D eigenvalue weighted by Crippen LogP contribution is -2.52. The van der Waals surface area contributed by atoms with Crippen molar-refractivity contribution in [1.29, 1.82) is 0 Å². The van der Waals surface area contributed by atoms with Crippen molar-refractivity contribution in [3.63, 3.8) is 0 Å². The highest BCUT2D eigenvalue weighted by Gasteiger charge is 2.33. The largest absolute Gasteiger partial charge is 0.354 e. The second kappa shape index (κ2) is 13.6. The Hall–Kier alpha value is -3.72. The third-order valence-electron chi connectivity index (χ3n) is 6.55. The number of amides is 2. The summed E-state index contributed by atoms with van der Waals surface area (Å²) in [4.78, 5) is 28.7. The van der Waals surface area contributed by atoms with Gasteiger partial charge in [0.05, 0.1) is 10.6 Å². The molecule has 214 valence electrons. The Morgan fingerprint density at radius 2 is 1.43 bits per heavy atom. The van der Waals surface area contributed by atoms with Crippen LogP contribution in [-0.4, -0.2) is 44.3 Å². The van der Waals surface area contributed by atoms with Crippen LogP contribution in [-0.2, 0) is 26.2 Å². The summed E-state index contributed by atoms with van der Waals surface area (Å²) in [6.07, 6.45) is 0.312. The van der Waals surface area contributed by atoms with E-state index in [4.69, 9.17) is 0 Å². The van der Waals surface area contributed by atoms with Gasteiger partial charge < -0.3 is 10.2 Å². The maximum atomic E-state index is 14.0. The molecule has 0 unspecified atom stereocenters. The molecule has 7 nitrogen and oxygen atoms in total. The van der Waals surface area contributed by atoms with Gasteiger partial charge in [-0.1, -0.05) is 68.3 Å². The molecule has 3 aromatic rings. The van der Waals surface area contributed by atoms with Crippen LogP contribution in [0.1, 0.15) is 43.9 Å². The second-order valence-corrected chi connectivity index (χ2v) is 12.2. The number of sulfonamides is 1. The summed E-state index contributed by atoms with van der Waals surface area (Å²) in [6.45, 7) is 9.42. The number of benzene rings is 3. The number of aryl methyl sites for hydroxylation is 2. The van der Waals surface area contributed by atoms with Crippen molar-refractivity contribution >= 4 is 27.5 Å². The fourth-order valence-electron chi connectivity index (χ4n) is 4.21. The van der Waals surface area contributed by atoms with Crippen LogP contribution in [0.3, 0.4) is 0 Å². The van der Waals surface area contributed by atoms with Gasteiger partial charge in [0.2, 0.25) is 11.8 Å². The molecule has 1 N–H and O–H groups in total. The first-order chi connectivity index (χ1) is 18.9. The first kappa shape index (κ1) is 30.8. The Bertz CT molecular complexity index is 1390. The minimum atomic E-state index is -4.13. The van der Waals surface area contributed by atoms with Crippen LogP contribution in [0.5, 0.6) is 0 Å². The number of anilines is 1. The van der Waals surface area contributed by atoms with Crippen molar-refractivity contribution in [3.8, 4) is 0 Å². The second-order valence-electron chi connectivity index (χ2n) is 10.4. The highest BCUT2D eigenvalue weighted by Crippen LogP contribution is 2.25. The zero-order valence-electron chi connectivity index (χ0n) is 23.7. The smallest absolute Gasteiger partial charge is 0.264 e. The summed E-state index contributed by atoms with van der Waals surface area (Å²) >= 11 is 0. The molecule has 0 saturated carbocycles. The van der Waals surface area contributed by atoms with Gasteiger partial charge in [-0.2, -0.15) is 0 Å². The van der Waals surface area contributed by atoms with Gasteiger partial charge in [-0.25, -0.2) is 12.8 Å². The van der Waals surface area contributed by atoms with Crippen molar-refractivity contribution in [2.45, 2.75) is 58.5 Å². The van der Waals surface area contributed by atoms with Gasteiger partial charge >= 0.3 is 0 Å². The summed E-state index contributed by atoms with van der Waals surface area (Å²) in [5.41, 5.74) is 2.79. The molecule has 0 saturated heterocycles. The average molecular weight is 568 g/mol. The van der Waals surface area contributed by atoms with Gasteiger partial charge in [-0.05, 0) is 68.1 Å². The molecule has 2 amide bonds. The molecule has 40 heavy (non-hydrogen) atoms. The number of hydrogen-bond donors (Lipinski definition) is 1. The molecular weight excluding hydrogens is 529 g/mol. The van der Waals surface area contributed by atoms with Crippen LogP contribution in [0, 0.1) is 25.6 Å². The molecule has 0 radical (unpaired) electrons. The fraction of sp³-hybridized carbons (Fsp3) is 0.355. The lowest BCUT2D eigenvalue weighted by atomic mass is 10.1. The van der Waals surface area contributed by atoms with Crippen molar-refractivity contribution in [2.75, 3.05) is 17.4 Å². The van der Waals surface area contributed by atoms with Crippen LogP contribution >= 0.6 is 0 Å². The molecule has 3 aromatic carbocycles. The lowest BCUT2D eigenvalue weighted by molar-refractivity contribution is -0.140. The summed E-state index contributed by atoms with van der Waals surface area (Å²) < 4.78 is 42.4. The van der Waals surface area contributed by atoms with Gasteiger partial charge in [-0.3, -0.25) is 13.9 Å². The van der Waals surface area contributed by atoms with E-state index in [9.17, 15) is 22.4 Å². The zero-order chi connectivity index (χ0) is 29.4. The van der Waals surface area contributed by atoms with Gasteiger partial charge in [0.25, 0.3) is 10.0 Å². The maximum absolute atomic E-state index is 14.0. The molecule has 0 spiro atoms. The fourth-order valence-corrected chi connectivity index (χ4v) is 5.62. The zero-order valence-corrected chi connectivity index (χ0v) is 24.5. The third-order valence-corrected chi connectivity index (χ3v) is 8.33. The molecule has 0 aromatic heterocycles. The average Bonchev–Trinajstić information content (AvgIpc) is 2.92. The van der Waals surface area contributed by atoms with E-state index in [2.05, 4.69) is 5.32 Å². The van der Waals surface area contributed by atoms with E-state index in [0.717, 1.165) is 15.4 Å². The molecule has 0 heterocycles. The van der Waals surface area contributed by atoms with Crippen LogP contribution < -0.4 is 9.62 Å². The minimum absolute atomic E-state index is 0.0129. The Kier molecular flexibility index (Phi) is 10.5. The van der Waals surface area contributed by atoms with Crippen molar-refractivity contribution in [3.05, 3.63) is 95.3 Å². The van der Waals surface area contributed by atoms with E-state index in [1.807, 2.05) is 27.7 Å². The van der Waals surface area contributed by atoms with Crippen molar-refractivity contribution in [2.24, 2.45) is 5.92 Å². The van der Waals surface area contributed by atoms with E-state index in [0.29, 0.717) is 24.2 Å². The summed E-state index contributed by atoms with van der Waals surface area (Å²) in [6, 6.07) is 18.1. The summed E-state index contributed by atoms with van der Waals surface area (Å²) in [5, 5.41) is 2.89. The molecule has 1 atom stereocenters. The molecule has 3 rings (SSSR count). The Labute approximate surface area is 237 Å². The Morgan fingerprint density at radius 3 is 1.95 bits per heavy atom. The van der Waals surface area contributed by atoms with Crippen molar-refractivity contribution < 1.29 is 22.4 Å². The Morgan fingerprint density at radius 1 is 0.875 bits per heavy atom. The highest BCUT2D eigenvalue weighted by atomic mass is 32.2. The summed E-state index contributed by atoms with van der Waals surface area (Å²) in [7, 11) is -4.13. The maximum Gasteiger partial charge on any atom is 0.264 e. The van der Waals surface area contributed by atoms with Gasteiger partial charge in [0.1, 0.15) is 18.4 Å². The lowest BCUT2D eigenvalue weighted by Gasteiger charge is -2.33. The molecule has 9 heteroatoms. The number of hydrogen-bond acceptors (Lipinski definition) is 4. The highest BCUT2D eigenvalue weighted by molar-refractivity contribution is 7.92. The number of halogens is 1. The van der Waals surface area contributed by atoms with Crippen LogP contribution in [0.4, 0.5) is 10.1 Å². The summed E-state index contributed by atoms with van der Waals surface area (Å²) in [5.74, 6) is -1.08. The molecule has 0 fully saturated rings. The monoisotopic (exact) mass is 567 g/mol. The van der Waals surface area contributed by atoms with Crippen LogP contribution in [0.25, 0.3) is 0 Å². The van der Waals surface area contributed by atoms with Gasteiger partial charge in [-0.15, -0.1) is 0 Å². The van der Waals surface area contributed by atoms with E-state index < -0.39 is 34.3 Å². The van der Waals surface area contributed by atoms with E-state index in [-0.39, 0.29) is 23.3 Å². The number of nitrogens with zero attached hydrogens (tertiary/aromatic N) is 2. The normalized spacial score (nSPS) is 12.2. The molecular formula is C31H38FN3O4S. The van der Waals surface area contributed by atoms with Gasteiger partial charge in [0, 0.05) is 13.1 Å². The van der Waals surface area contributed by atoms with Crippen LogP contribution in [0.15, 0.2) is 77.7 Å². The molecule has 0 aliphatic heterocycles. The topological polar surface area (TPSA) is 86.8 Å². The molecule has 0 bridgehead atoms. The first-order valence-electron chi connectivity index (χ1n) is 13.4. The van der Waals surface area contributed by atoms with E-state index in [1.54, 1.807) is 55.5 Å².